The quantitative estimate of drug-likeness (QED) is 0.124. The molecule has 1 aliphatic heterocycles. The number of nitrogens with one attached hydrogen (secondary N) is 1. The molecule has 45 heavy (non-hydrogen) atoms. The highest BCUT2D eigenvalue weighted by Gasteiger charge is 2.56. The Morgan fingerprint density at radius 3 is 2.64 bits per heavy atom. The Labute approximate surface area is 259 Å². The van der Waals surface area contributed by atoms with Gasteiger partial charge in [-0.15, -0.1) is 6.42 Å². The van der Waals surface area contributed by atoms with Crippen LogP contribution < -0.4 is 15.3 Å². The minimum absolute atomic E-state index is 0.0918. The number of fused-ring (bicyclic) bond motifs is 1. The monoisotopic (exact) mass is 637 g/mol. The summed E-state index contributed by atoms with van der Waals surface area (Å²) < 4.78 is 54.3. The highest BCUT2D eigenvalue weighted by Crippen LogP contribution is 2.48. The van der Waals surface area contributed by atoms with Crippen molar-refractivity contribution in [2.24, 2.45) is 0 Å². The van der Waals surface area contributed by atoms with E-state index in [-0.39, 0.29) is 23.6 Å². The van der Waals surface area contributed by atoms with Crippen molar-refractivity contribution in [1.82, 2.24) is 19.6 Å². The number of nitrogens with zero attached hydrogens (tertiary/aromatic N) is 3. The first-order valence-electron chi connectivity index (χ1n) is 14.0. The number of alkyl halides is 1. The van der Waals surface area contributed by atoms with E-state index in [2.05, 4.69) is 21.0 Å². The van der Waals surface area contributed by atoms with Crippen LogP contribution in [0.2, 0.25) is 0 Å². The molecule has 0 radical (unpaired) electrons. The number of esters is 1. The average Bonchev–Trinajstić information content (AvgIpc) is 3.51. The number of carbonyl (C=O) groups excluding carboxylic acids is 1. The van der Waals surface area contributed by atoms with Crippen LogP contribution in [-0.4, -0.2) is 63.2 Å². The number of hydrogen-bond donors (Lipinski definition) is 3. The van der Waals surface area contributed by atoms with E-state index in [1.165, 1.54) is 24.2 Å². The van der Waals surface area contributed by atoms with Gasteiger partial charge in [-0.3, -0.25) is 9.32 Å². The first-order chi connectivity index (χ1) is 21.5. The Hall–Kier alpha value is -4.31. The summed E-state index contributed by atoms with van der Waals surface area (Å²) in [6, 6.07) is 14.5. The maximum atomic E-state index is 16.2. The van der Waals surface area contributed by atoms with E-state index in [1.807, 2.05) is 13.0 Å². The van der Waals surface area contributed by atoms with Crippen molar-refractivity contribution < 1.29 is 37.4 Å². The van der Waals surface area contributed by atoms with Gasteiger partial charge >= 0.3 is 13.7 Å². The minimum Gasteiger partial charge on any atom is -0.468 e. The van der Waals surface area contributed by atoms with Gasteiger partial charge in [-0.05, 0) is 38.0 Å². The van der Waals surface area contributed by atoms with Crippen LogP contribution in [-0.2, 0) is 29.8 Å². The number of halogens is 1. The third kappa shape index (κ3) is 6.71. The third-order valence-electron chi connectivity index (χ3n) is 7.50. The van der Waals surface area contributed by atoms with Gasteiger partial charge in [0, 0.05) is 6.20 Å². The Balaban J connectivity index is 1.42. The molecule has 12 nitrogen and oxygen atoms in total. The molecule has 4 N–H and O–H groups in total. The number of nitrogens with two attached hydrogens (primary N) is 1. The first kappa shape index (κ1) is 32.1. The molecule has 1 aliphatic rings. The second-order valence-electron chi connectivity index (χ2n) is 10.8. The van der Waals surface area contributed by atoms with Crippen molar-refractivity contribution in [1.29, 1.82) is 0 Å². The summed E-state index contributed by atoms with van der Waals surface area (Å²) in [5, 5.41) is 14.1. The van der Waals surface area contributed by atoms with E-state index in [9.17, 15) is 14.5 Å². The summed E-state index contributed by atoms with van der Waals surface area (Å²) in [6.45, 7) is 2.43. The summed E-state index contributed by atoms with van der Waals surface area (Å²) in [5.74, 6) is 2.04. The van der Waals surface area contributed by atoms with Crippen LogP contribution in [0.1, 0.15) is 29.8 Å². The summed E-state index contributed by atoms with van der Waals surface area (Å²) in [5.41, 5.74) is 5.81. The molecule has 0 bridgehead atoms. The Kier molecular flexibility index (Phi) is 9.25. The predicted molar refractivity (Wildman–Crippen MR) is 164 cm³/mol. The van der Waals surface area contributed by atoms with Crippen molar-refractivity contribution in [3.8, 4) is 18.1 Å². The van der Waals surface area contributed by atoms with Gasteiger partial charge in [0.1, 0.15) is 41.8 Å². The van der Waals surface area contributed by atoms with Gasteiger partial charge in [0.25, 0.3) is 0 Å². The van der Waals surface area contributed by atoms with Crippen LogP contribution in [0.15, 0.2) is 67.1 Å². The molecule has 0 amide bonds. The molecule has 14 heteroatoms. The zero-order valence-electron chi connectivity index (χ0n) is 24.8. The number of aryl methyl sites for hydroxylation is 1. The van der Waals surface area contributed by atoms with Crippen molar-refractivity contribution in [3.05, 3.63) is 83.8 Å². The Morgan fingerprint density at radius 1 is 1.27 bits per heavy atom. The predicted octanol–water partition coefficient (Wildman–Crippen LogP) is 3.87. The smallest absolute Gasteiger partial charge is 0.459 e. The standard InChI is InChI=1S/C31H33FN5O7P/c1-5-21-16-37(28-25(21)27(33)34-18-35-28)30-31(3,32)26(38)24(43-30)17-42-45(40,44-22-13-11-19(2)12-14-22)36-23(29(39)41-4)15-20-9-7-6-8-10-20/h1,6-14,16,18,23-24,26,30,38H,15,17H2,2-4H3,(H,36,40)(H2,33,34,35)/t23?,24-,26-,30-,31-,45?/m1/s1. The average molecular weight is 638 g/mol. The number of aromatic nitrogens is 3. The number of methoxy groups -OCH3 is 1. The van der Waals surface area contributed by atoms with Gasteiger partial charge in [-0.2, -0.15) is 5.09 Å². The van der Waals surface area contributed by atoms with Crippen LogP contribution in [0.3, 0.4) is 0 Å². The Bertz CT molecular complexity index is 1760. The van der Waals surface area contributed by atoms with E-state index in [1.54, 1.807) is 48.5 Å². The summed E-state index contributed by atoms with van der Waals surface area (Å²) in [7, 11) is -3.21. The van der Waals surface area contributed by atoms with Gasteiger partial charge in [0.2, 0.25) is 0 Å². The number of carbonyl (C=O) groups is 1. The van der Waals surface area contributed by atoms with E-state index in [0.717, 1.165) is 18.1 Å². The lowest BCUT2D eigenvalue weighted by Crippen LogP contribution is -2.42. The number of terminal acetylenes is 1. The number of aliphatic hydroxyl groups excluding tert-OH is 1. The molecule has 2 aromatic heterocycles. The lowest BCUT2D eigenvalue weighted by atomic mass is 9.98. The van der Waals surface area contributed by atoms with Crippen LogP contribution in [0, 0.1) is 19.3 Å². The molecule has 0 spiro atoms. The third-order valence-corrected chi connectivity index (χ3v) is 9.07. The molecular weight excluding hydrogens is 604 g/mol. The number of benzene rings is 2. The minimum atomic E-state index is -4.41. The second-order valence-corrected chi connectivity index (χ2v) is 12.5. The van der Waals surface area contributed by atoms with E-state index >= 15 is 4.39 Å². The maximum absolute atomic E-state index is 16.2. The van der Waals surface area contributed by atoms with Gasteiger partial charge < -0.3 is 29.4 Å². The fourth-order valence-corrected chi connectivity index (χ4v) is 6.61. The SMILES string of the molecule is C#Cc1cn([C@@H]2O[C@H](COP(=O)(NC(Cc3ccccc3)C(=O)OC)Oc3ccc(C)cc3)[C@@H](O)[C@@]2(C)F)c2ncnc(N)c12. The maximum Gasteiger partial charge on any atom is 0.459 e. The van der Waals surface area contributed by atoms with Crippen molar-refractivity contribution in [2.75, 3.05) is 19.5 Å². The molecule has 3 heterocycles. The molecule has 0 saturated carbocycles. The lowest BCUT2D eigenvalue weighted by Gasteiger charge is -2.26. The molecule has 236 valence electrons. The second kappa shape index (κ2) is 13.0. The molecule has 1 fully saturated rings. The molecular formula is C31H33FN5O7P. The number of rotatable bonds is 11. The molecule has 4 aromatic rings. The summed E-state index contributed by atoms with van der Waals surface area (Å²) in [4.78, 5) is 20.9. The fourth-order valence-electron chi connectivity index (χ4n) is 5.11. The number of aliphatic hydroxyl groups is 1. The first-order valence-corrected chi connectivity index (χ1v) is 15.5. The Morgan fingerprint density at radius 2 is 1.98 bits per heavy atom. The van der Waals surface area contributed by atoms with E-state index in [0.29, 0.717) is 10.9 Å². The van der Waals surface area contributed by atoms with Gasteiger partial charge in [0.05, 0.1) is 24.7 Å². The van der Waals surface area contributed by atoms with Crippen molar-refractivity contribution in [3.63, 3.8) is 0 Å². The summed E-state index contributed by atoms with van der Waals surface area (Å²) in [6.07, 6.45) is 3.86. The van der Waals surface area contributed by atoms with Crippen LogP contribution in [0.4, 0.5) is 10.2 Å². The molecule has 2 unspecified atom stereocenters. The largest absolute Gasteiger partial charge is 0.468 e. The van der Waals surface area contributed by atoms with Gasteiger partial charge in [0.15, 0.2) is 11.9 Å². The van der Waals surface area contributed by atoms with E-state index in [4.69, 9.17) is 30.7 Å². The number of anilines is 1. The number of hydrogen-bond acceptors (Lipinski definition) is 10. The topological polar surface area (TPSA) is 160 Å². The number of ether oxygens (including phenoxy) is 2. The number of nitrogen functional groups attached to an aromatic ring is 1. The highest BCUT2D eigenvalue weighted by atomic mass is 31.2. The van der Waals surface area contributed by atoms with E-state index < -0.39 is 50.5 Å². The lowest BCUT2D eigenvalue weighted by molar-refractivity contribution is -0.142. The normalized spacial score (nSPS) is 23.2. The summed E-state index contributed by atoms with van der Waals surface area (Å²) >= 11 is 0. The van der Waals surface area contributed by atoms with Crippen molar-refractivity contribution in [2.45, 2.75) is 50.4 Å². The van der Waals surface area contributed by atoms with Crippen LogP contribution >= 0.6 is 7.75 Å². The van der Waals surface area contributed by atoms with Crippen LogP contribution in [0.5, 0.6) is 5.75 Å². The molecule has 1 saturated heterocycles. The highest BCUT2D eigenvalue weighted by molar-refractivity contribution is 7.52. The van der Waals surface area contributed by atoms with Gasteiger partial charge in [-0.1, -0.05) is 53.9 Å². The molecule has 5 rings (SSSR count). The fraction of sp³-hybridized carbons (Fsp3) is 0.323. The molecule has 2 aromatic carbocycles. The zero-order valence-corrected chi connectivity index (χ0v) is 25.7. The van der Waals surface area contributed by atoms with Gasteiger partial charge in [-0.25, -0.2) is 18.9 Å². The molecule has 0 aliphatic carbocycles. The van der Waals surface area contributed by atoms with Crippen LogP contribution in [0.25, 0.3) is 11.0 Å². The zero-order chi connectivity index (χ0) is 32.4. The van der Waals surface area contributed by atoms with Crippen molar-refractivity contribution >= 4 is 30.6 Å². The molecule has 6 atom stereocenters.